The average molecular weight is 419 g/mol. The molecule has 0 unspecified atom stereocenters. The van der Waals surface area contributed by atoms with E-state index in [1.807, 2.05) is 55.5 Å². The largest absolute Gasteiger partial charge is 0.497 e. The smallest absolute Gasteiger partial charge is 0.339 e. The molecule has 4 rings (SSSR count). The lowest BCUT2D eigenvalue weighted by Gasteiger charge is -2.36. The van der Waals surface area contributed by atoms with Gasteiger partial charge in [-0.1, -0.05) is 18.2 Å². The van der Waals surface area contributed by atoms with Gasteiger partial charge < -0.3 is 19.3 Å². The van der Waals surface area contributed by atoms with Crippen LogP contribution in [0.4, 0.5) is 5.69 Å². The number of esters is 1. The van der Waals surface area contributed by atoms with Gasteiger partial charge in [0.15, 0.2) is 6.61 Å². The first-order valence-electron chi connectivity index (χ1n) is 10.3. The van der Waals surface area contributed by atoms with Crippen molar-refractivity contribution >= 4 is 28.5 Å². The fourth-order valence-electron chi connectivity index (χ4n) is 3.78. The third-order valence-electron chi connectivity index (χ3n) is 5.46. The summed E-state index contributed by atoms with van der Waals surface area (Å²) in [6.07, 6.45) is 0. The normalized spacial score (nSPS) is 13.9. The molecule has 1 aliphatic heterocycles. The van der Waals surface area contributed by atoms with E-state index < -0.39 is 5.97 Å². The Morgan fingerprint density at radius 1 is 1.00 bits per heavy atom. The maximum Gasteiger partial charge on any atom is 0.339 e. The number of rotatable bonds is 5. The van der Waals surface area contributed by atoms with Crippen molar-refractivity contribution < 1.29 is 19.1 Å². The predicted molar refractivity (Wildman–Crippen MR) is 119 cm³/mol. The Hall–Kier alpha value is -3.61. The van der Waals surface area contributed by atoms with E-state index in [9.17, 15) is 9.59 Å². The van der Waals surface area contributed by atoms with Gasteiger partial charge in [0.1, 0.15) is 5.75 Å². The van der Waals surface area contributed by atoms with E-state index >= 15 is 0 Å². The van der Waals surface area contributed by atoms with Gasteiger partial charge >= 0.3 is 5.97 Å². The number of fused-ring (bicyclic) bond motifs is 1. The number of methoxy groups -OCH3 is 1. The van der Waals surface area contributed by atoms with Crippen LogP contribution in [0.3, 0.4) is 0 Å². The number of ether oxygens (including phenoxy) is 2. The molecular weight excluding hydrogens is 394 g/mol. The van der Waals surface area contributed by atoms with Crippen molar-refractivity contribution in [3.8, 4) is 5.75 Å². The number of benzene rings is 2. The van der Waals surface area contributed by atoms with Crippen LogP contribution in [-0.4, -0.2) is 61.7 Å². The van der Waals surface area contributed by atoms with Gasteiger partial charge in [-0.3, -0.25) is 9.78 Å². The second-order valence-corrected chi connectivity index (χ2v) is 7.47. The Bertz CT molecular complexity index is 1090. The molecule has 1 amide bonds. The number of carbonyl (C=O) groups is 2. The molecule has 0 atom stereocenters. The van der Waals surface area contributed by atoms with Crippen molar-refractivity contribution in [3.05, 3.63) is 65.9 Å². The predicted octanol–water partition coefficient (Wildman–Crippen LogP) is 3.06. The number of aryl methyl sites for hydroxylation is 1. The topological polar surface area (TPSA) is 72.0 Å². The summed E-state index contributed by atoms with van der Waals surface area (Å²) in [7, 11) is 1.64. The fraction of sp³-hybridized carbons (Fsp3) is 0.292. The quantitative estimate of drug-likeness (QED) is 0.592. The molecule has 1 aromatic heterocycles. The number of carbonyl (C=O) groups excluding carboxylic acids is 2. The minimum absolute atomic E-state index is 0.183. The molecule has 1 saturated heterocycles. The number of anilines is 1. The lowest BCUT2D eigenvalue weighted by molar-refractivity contribution is -0.134. The van der Waals surface area contributed by atoms with E-state index in [1.165, 1.54) is 0 Å². The highest BCUT2D eigenvalue weighted by Crippen LogP contribution is 2.21. The molecule has 0 aliphatic carbocycles. The molecule has 2 aromatic carbocycles. The molecule has 0 bridgehead atoms. The van der Waals surface area contributed by atoms with Gasteiger partial charge in [-0.05, 0) is 43.3 Å². The molecule has 7 nitrogen and oxygen atoms in total. The van der Waals surface area contributed by atoms with Crippen LogP contribution < -0.4 is 9.64 Å². The Morgan fingerprint density at radius 2 is 1.71 bits per heavy atom. The summed E-state index contributed by atoms with van der Waals surface area (Å²) in [5.74, 6) is 0.126. The molecule has 0 radical (unpaired) electrons. The highest BCUT2D eigenvalue weighted by atomic mass is 16.5. The number of aromatic nitrogens is 1. The number of hydrogen-bond acceptors (Lipinski definition) is 6. The highest BCUT2D eigenvalue weighted by molar-refractivity contribution is 6.04. The fourth-order valence-corrected chi connectivity index (χ4v) is 3.78. The van der Waals surface area contributed by atoms with Gasteiger partial charge in [-0.15, -0.1) is 0 Å². The van der Waals surface area contributed by atoms with Crippen LogP contribution in [0.5, 0.6) is 5.75 Å². The molecule has 7 heteroatoms. The van der Waals surface area contributed by atoms with Gasteiger partial charge in [0.2, 0.25) is 0 Å². The third-order valence-corrected chi connectivity index (χ3v) is 5.46. The summed E-state index contributed by atoms with van der Waals surface area (Å²) in [5.41, 5.74) is 2.99. The highest BCUT2D eigenvalue weighted by Gasteiger charge is 2.23. The second-order valence-electron chi connectivity index (χ2n) is 7.47. The first-order chi connectivity index (χ1) is 15.0. The minimum atomic E-state index is -0.507. The molecule has 0 saturated carbocycles. The Kier molecular flexibility index (Phi) is 6.02. The van der Waals surface area contributed by atoms with E-state index in [1.54, 1.807) is 18.1 Å². The van der Waals surface area contributed by atoms with Crippen molar-refractivity contribution in [2.45, 2.75) is 6.92 Å². The Balaban J connectivity index is 1.33. The zero-order valence-electron chi connectivity index (χ0n) is 17.7. The summed E-state index contributed by atoms with van der Waals surface area (Å²) in [5, 5.41) is 0.721. The number of piperazine rings is 1. The van der Waals surface area contributed by atoms with Crippen LogP contribution in [0.15, 0.2) is 54.6 Å². The first kappa shape index (κ1) is 20.7. The van der Waals surface area contributed by atoms with Crippen LogP contribution in [0, 0.1) is 6.92 Å². The van der Waals surface area contributed by atoms with Crippen molar-refractivity contribution in [2.24, 2.45) is 0 Å². The number of pyridine rings is 1. The zero-order chi connectivity index (χ0) is 21.8. The number of para-hydroxylation sites is 1. The van der Waals surface area contributed by atoms with Crippen LogP contribution in [0.1, 0.15) is 16.1 Å². The van der Waals surface area contributed by atoms with Crippen molar-refractivity contribution in [3.63, 3.8) is 0 Å². The molecule has 1 fully saturated rings. The van der Waals surface area contributed by atoms with Gasteiger partial charge in [-0.2, -0.15) is 0 Å². The molecule has 3 aromatic rings. The monoisotopic (exact) mass is 419 g/mol. The van der Waals surface area contributed by atoms with Crippen LogP contribution in [-0.2, 0) is 9.53 Å². The number of nitrogens with zero attached hydrogens (tertiary/aromatic N) is 3. The molecular formula is C24H25N3O4. The summed E-state index contributed by atoms with van der Waals surface area (Å²) >= 11 is 0. The van der Waals surface area contributed by atoms with E-state index in [0.717, 1.165) is 41.1 Å². The number of amides is 1. The molecule has 1 aliphatic rings. The minimum Gasteiger partial charge on any atom is -0.497 e. The van der Waals surface area contributed by atoms with E-state index in [0.29, 0.717) is 18.7 Å². The third kappa shape index (κ3) is 4.60. The summed E-state index contributed by atoms with van der Waals surface area (Å²) < 4.78 is 10.6. The van der Waals surface area contributed by atoms with Gasteiger partial charge in [-0.25, -0.2) is 4.79 Å². The Labute approximate surface area is 181 Å². The molecule has 0 spiro atoms. The van der Waals surface area contributed by atoms with Crippen molar-refractivity contribution in [2.75, 3.05) is 44.8 Å². The van der Waals surface area contributed by atoms with E-state index in [-0.39, 0.29) is 12.5 Å². The molecule has 160 valence electrons. The average Bonchev–Trinajstić information content (AvgIpc) is 2.82. The lowest BCUT2D eigenvalue weighted by atomic mass is 10.1. The molecule has 2 heterocycles. The maximum absolute atomic E-state index is 12.6. The molecule has 0 N–H and O–H groups in total. The van der Waals surface area contributed by atoms with Crippen LogP contribution >= 0.6 is 0 Å². The van der Waals surface area contributed by atoms with Crippen molar-refractivity contribution in [1.29, 1.82) is 0 Å². The standard InChI is InChI=1S/C24H25N3O4/c1-17-15-21(20-5-3-4-6-22(20)25-17)24(29)31-16-23(28)27-13-11-26(12-14-27)18-7-9-19(30-2)10-8-18/h3-10,15H,11-14,16H2,1-2H3. The van der Waals surface area contributed by atoms with Gasteiger partial charge in [0.25, 0.3) is 5.91 Å². The van der Waals surface area contributed by atoms with Crippen molar-refractivity contribution in [1.82, 2.24) is 9.88 Å². The summed E-state index contributed by atoms with van der Waals surface area (Å²) in [4.78, 5) is 33.6. The SMILES string of the molecule is COc1ccc(N2CCN(C(=O)COC(=O)c3cc(C)nc4ccccc34)CC2)cc1. The van der Waals surface area contributed by atoms with Gasteiger partial charge in [0.05, 0.1) is 18.2 Å². The Morgan fingerprint density at radius 3 is 2.42 bits per heavy atom. The number of hydrogen-bond donors (Lipinski definition) is 0. The first-order valence-corrected chi connectivity index (χ1v) is 10.3. The maximum atomic E-state index is 12.6. The second kappa shape index (κ2) is 9.04. The lowest BCUT2D eigenvalue weighted by Crippen LogP contribution is -2.49. The summed E-state index contributed by atoms with van der Waals surface area (Å²) in [6, 6.07) is 17.0. The van der Waals surface area contributed by atoms with Gasteiger partial charge in [0, 0.05) is 42.9 Å². The van der Waals surface area contributed by atoms with E-state index in [4.69, 9.17) is 9.47 Å². The molecule has 31 heavy (non-hydrogen) atoms. The zero-order valence-corrected chi connectivity index (χ0v) is 17.7. The van der Waals surface area contributed by atoms with Crippen LogP contribution in [0.2, 0.25) is 0 Å². The summed E-state index contributed by atoms with van der Waals surface area (Å²) in [6.45, 7) is 4.17. The van der Waals surface area contributed by atoms with E-state index in [2.05, 4.69) is 9.88 Å². The van der Waals surface area contributed by atoms with Crippen LogP contribution in [0.25, 0.3) is 10.9 Å².